The summed E-state index contributed by atoms with van der Waals surface area (Å²) in [5.41, 5.74) is 1.09. The Morgan fingerprint density at radius 2 is 1.84 bits per heavy atom. The molecular formula is C23H34N8O. The summed E-state index contributed by atoms with van der Waals surface area (Å²) in [6.45, 7) is 9.93. The molecule has 0 spiro atoms. The minimum atomic E-state index is -0.0473. The van der Waals surface area contributed by atoms with Gasteiger partial charge in [-0.25, -0.2) is 9.97 Å². The molecule has 9 nitrogen and oxygen atoms in total. The number of aliphatic imine (C=N–C) groups is 1. The SMILES string of the molecule is CN=C(NCc1ccc(-n2ccnc2C)nc1)N1CCN(C(C)C(=O)N2CCCC2)CC1. The van der Waals surface area contributed by atoms with Crippen molar-refractivity contribution in [3.05, 3.63) is 42.1 Å². The number of rotatable bonds is 5. The Balaban J connectivity index is 1.27. The van der Waals surface area contributed by atoms with Crippen LogP contribution in [0.5, 0.6) is 0 Å². The van der Waals surface area contributed by atoms with Crippen LogP contribution in [0.15, 0.2) is 35.7 Å². The van der Waals surface area contributed by atoms with Crippen molar-refractivity contribution in [2.45, 2.75) is 39.3 Å². The molecule has 0 radical (unpaired) electrons. The molecular weight excluding hydrogens is 404 g/mol. The number of aryl methyl sites for hydroxylation is 1. The zero-order valence-corrected chi connectivity index (χ0v) is 19.4. The number of aromatic nitrogens is 3. The normalized spacial score (nSPS) is 18.8. The van der Waals surface area contributed by atoms with Crippen LogP contribution in [0.1, 0.15) is 31.2 Å². The van der Waals surface area contributed by atoms with Gasteiger partial charge in [-0.1, -0.05) is 6.07 Å². The minimum Gasteiger partial charge on any atom is -0.352 e. The zero-order chi connectivity index (χ0) is 22.5. The molecule has 0 aromatic carbocycles. The third-order valence-electron chi connectivity index (χ3n) is 6.48. The van der Waals surface area contributed by atoms with E-state index in [0.29, 0.717) is 6.54 Å². The fourth-order valence-corrected chi connectivity index (χ4v) is 4.48. The fourth-order valence-electron chi connectivity index (χ4n) is 4.48. The first kappa shape index (κ1) is 22.3. The van der Waals surface area contributed by atoms with Gasteiger partial charge in [0.05, 0.1) is 6.04 Å². The van der Waals surface area contributed by atoms with Crippen LogP contribution in [0.4, 0.5) is 0 Å². The summed E-state index contributed by atoms with van der Waals surface area (Å²) in [6.07, 6.45) is 7.85. The van der Waals surface area contributed by atoms with Crippen molar-refractivity contribution in [1.29, 1.82) is 0 Å². The van der Waals surface area contributed by atoms with Gasteiger partial charge in [-0.2, -0.15) is 0 Å². The molecule has 2 saturated heterocycles. The maximum Gasteiger partial charge on any atom is 0.239 e. The summed E-state index contributed by atoms with van der Waals surface area (Å²) in [4.78, 5) is 32.6. The molecule has 2 aromatic heterocycles. The van der Waals surface area contributed by atoms with Crippen LogP contribution < -0.4 is 5.32 Å². The van der Waals surface area contributed by atoms with Crippen molar-refractivity contribution in [1.82, 2.24) is 34.6 Å². The van der Waals surface area contributed by atoms with E-state index in [9.17, 15) is 4.79 Å². The summed E-state index contributed by atoms with van der Waals surface area (Å²) < 4.78 is 1.96. The van der Waals surface area contributed by atoms with Crippen molar-refractivity contribution in [2.75, 3.05) is 46.3 Å². The molecule has 9 heteroatoms. The number of amides is 1. The lowest BCUT2D eigenvalue weighted by Crippen LogP contribution is -2.57. The molecule has 172 valence electrons. The number of hydrogen-bond donors (Lipinski definition) is 1. The average molecular weight is 439 g/mol. The van der Waals surface area contributed by atoms with Gasteiger partial charge in [0.1, 0.15) is 11.6 Å². The maximum atomic E-state index is 12.7. The van der Waals surface area contributed by atoms with Gasteiger partial charge in [0.25, 0.3) is 0 Å². The van der Waals surface area contributed by atoms with E-state index >= 15 is 0 Å². The van der Waals surface area contributed by atoms with Crippen molar-refractivity contribution in [3.63, 3.8) is 0 Å². The molecule has 0 aliphatic carbocycles. The number of guanidine groups is 1. The number of piperazine rings is 1. The quantitative estimate of drug-likeness (QED) is 0.560. The molecule has 1 amide bonds. The summed E-state index contributed by atoms with van der Waals surface area (Å²) >= 11 is 0. The molecule has 4 heterocycles. The molecule has 0 saturated carbocycles. The topological polar surface area (TPSA) is 81.9 Å². The van der Waals surface area contributed by atoms with Gasteiger partial charge in [-0.05, 0) is 38.3 Å². The van der Waals surface area contributed by atoms with Crippen LogP contribution in [-0.4, -0.2) is 93.5 Å². The number of hydrogen-bond acceptors (Lipinski definition) is 5. The number of imidazole rings is 1. The Kier molecular flexibility index (Phi) is 7.04. The molecule has 2 aromatic rings. The third-order valence-corrected chi connectivity index (χ3v) is 6.48. The van der Waals surface area contributed by atoms with Crippen LogP contribution in [0.2, 0.25) is 0 Å². The lowest BCUT2D eigenvalue weighted by atomic mass is 10.2. The fraction of sp³-hybridized carbons (Fsp3) is 0.565. The predicted molar refractivity (Wildman–Crippen MR) is 125 cm³/mol. The number of nitrogens with zero attached hydrogens (tertiary/aromatic N) is 7. The van der Waals surface area contributed by atoms with Gasteiger partial charge in [0.2, 0.25) is 5.91 Å². The highest BCUT2D eigenvalue weighted by Crippen LogP contribution is 2.14. The van der Waals surface area contributed by atoms with E-state index in [0.717, 1.165) is 75.3 Å². The largest absolute Gasteiger partial charge is 0.352 e. The molecule has 32 heavy (non-hydrogen) atoms. The molecule has 4 rings (SSSR count). The summed E-state index contributed by atoms with van der Waals surface area (Å²) in [6, 6.07) is 4.03. The standard InChI is InChI=1S/C23H34N8O/c1-18(22(32)29-9-4-5-10-29)28-12-14-30(15-13-28)23(24-3)27-17-20-6-7-21(26-16-20)31-11-8-25-19(31)2/h6-8,11,16,18H,4-5,9-10,12-15,17H2,1-3H3,(H,24,27). The third kappa shape index (κ3) is 4.93. The van der Waals surface area contributed by atoms with Gasteiger partial charge >= 0.3 is 0 Å². The van der Waals surface area contributed by atoms with Crippen LogP contribution in [-0.2, 0) is 11.3 Å². The van der Waals surface area contributed by atoms with E-state index < -0.39 is 0 Å². The van der Waals surface area contributed by atoms with Crippen LogP contribution in [0.25, 0.3) is 5.82 Å². The zero-order valence-electron chi connectivity index (χ0n) is 19.4. The molecule has 1 unspecified atom stereocenters. The highest BCUT2D eigenvalue weighted by Gasteiger charge is 2.30. The lowest BCUT2D eigenvalue weighted by molar-refractivity contribution is -0.135. The van der Waals surface area contributed by atoms with Gasteiger partial charge in [0.15, 0.2) is 5.96 Å². The highest BCUT2D eigenvalue weighted by atomic mass is 16.2. The van der Waals surface area contributed by atoms with Crippen molar-refractivity contribution >= 4 is 11.9 Å². The van der Waals surface area contributed by atoms with Crippen LogP contribution >= 0.6 is 0 Å². The van der Waals surface area contributed by atoms with Crippen LogP contribution in [0, 0.1) is 6.92 Å². The second-order valence-corrected chi connectivity index (χ2v) is 8.50. The first-order valence-corrected chi connectivity index (χ1v) is 11.5. The summed E-state index contributed by atoms with van der Waals surface area (Å²) in [5.74, 6) is 2.94. The second kappa shape index (κ2) is 10.1. The van der Waals surface area contributed by atoms with Crippen molar-refractivity contribution in [2.24, 2.45) is 4.99 Å². The molecule has 2 fully saturated rings. The van der Waals surface area contributed by atoms with Crippen LogP contribution in [0.3, 0.4) is 0 Å². The van der Waals surface area contributed by atoms with E-state index in [4.69, 9.17) is 0 Å². The highest BCUT2D eigenvalue weighted by molar-refractivity contribution is 5.82. The molecule has 2 aliphatic rings. The van der Waals surface area contributed by atoms with Gasteiger partial charge in [0, 0.05) is 71.5 Å². The van der Waals surface area contributed by atoms with E-state index in [-0.39, 0.29) is 11.9 Å². The summed E-state index contributed by atoms with van der Waals surface area (Å²) in [7, 11) is 1.82. The molecule has 0 bridgehead atoms. The van der Waals surface area contributed by atoms with E-state index in [1.165, 1.54) is 0 Å². The van der Waals surface area contributed by atoms with E-state index in [1.54, 1.807) is 6.20 Å². The monoisotopic (exact) mass is 438 g/mol. The smallest absolute Gasteiger partial charge is 0.239 e. The predicted octanol–water partition coefficient (Wildman–Crippen LogP) is 1.28. The summed E-state index contributed by atoms with van der Waals surface area (Å²) in [5, 5.41) is 3.46. The molecule has 1 N–H and O–H groups in total. The lowest BCUT2D eigenvalue weighted by Gasteiger charge is -2.39. The van der Waals surface area contributed by atoms with Crippen molar-refractivity contribution in [3.8, 4) is 5.82 Å². The Labute approximate surface area is 190 Å². The number of likely N-dealkylation sites (tertiary alicyclic amines) is 1. The van der Waals surface area contributed by atoms with Gasteiger partial charge in [-0.3, -0.25) is 19.3 Å². The Morgan fingerprint density at radius 1 is 1.09 bits per heavy atom. The first-order valence-electron chi connectivity index (χ1n) is 11.5. The Hall–Kier alpha value is -2.94. The average Bonchev–Trinajstić information content (AvgIpc) is 3.51. The first-order chi connectivity index (χ1) is 15.6. The van der Waals surface area contributed by atoms with Crippen molar-refractivity contribution < 1.29 is 4.79 Å². The number of carbonyl (C=O) groups is 1. The van der Waals surface area contributed by atoms with Gasteiger partial charge in [-0.15, -0.1) is 0 Å². The second-order valence-electron chi connectivity index (χ2n) is 8.50. The number of pyridine rings is 1. The molecule has 1 atom stereocenters. The van der Waals surface area contributed by atoms with E-state index in [2.05, 4.69) is 36.1 Å². The number of carbonyl (C=O) groups excluding carboxylic acids is 1. The van der Waals surface area contributed by atoms with Gasteiger partial charge < -0.3 is 15.1 Å². The number of nitrogens with one attached hydrogen (secondary N) is 1. The Bertz CT molecular complexity index is 924. The maximum absolute atomic E-state index is 12.7. The Morgan fingerprint density at radius 3 is 2.44 bits per heavy atom. The molecule has 2 aliphatic heterocycles. The van der Waals surface area contributed by atoms with E-state index in [1.807, 2.05) is 48.8 Å². The minimum absolute atomic E-state index is 0.0473.